The van der Waals surface area contributed by atoms with E-state index in [0.29, 0.717) is 0 Å². The van der Waals surface area contributed by atoms with Crippen molar-refractivity contribution < 1.29 is 4.42 Å². The molecule has 1 unspecified atom stereocenters. The van der Waals surface area contributed by atoms with Crippen molar-refractivity contribution in [2.24, 2.45) is 5.84 Å². The molecule has 3 N–H and O–H groups in total. The molecule has 0 radical (unpaired) electrons. The molecule has 90 valence electrons. The van der Waals surface area contributed by atoms with Crippen LogP contribution in [0.4, 0.5) is 0 Å². The van der Waals surface area contributed by atoms with Crippen molar-refractivity contribution in [2.75, 3.05) is 0 Å². The summed E-state index contributed by atoms with van der Waals surface area (Å²) in [5, 5.41) is 0. The molecule has 1 aromatic carbocycles. The fourth-order valence-corrected chi connectivity index (χ4v) is 1.95. The van der Waals surface area contributed by atoms with Gasteiger partial charge in [0.2, 0.25) is 0 Å². The smallest absolute Gasteiger partial charge is 0.101 e. The molecular weight excluding hydrogens is 212 g/mol. The molecule has 2 aromatic rings. The lowest BCUT2D eigenvalue weighted by atomic mass is 10.0. The molecule has 1 aromatic heterocycles. The van der Waals surface area contributed by atoms with Gasteiger partial charge < -0.3 is 4.42 Å². The van der Waals surface area contributed by atoms with E-state index in [1.807, 2.05) is 19.1 Å². The van der Waals surface area contributed by atoms with Gasteiger partial charge in [-0.2, -0.15) is 0 Å². The summed E-state index contributed by atoms with van der Waals surface area (Å²) in [5.74, 6) is 6.50. The predicted octanol–water partition coefficient (Wildman–Crippen LogP) is 2.73. The molecule has 0 fully saturated rings. The van der Waals surface area contributed by atoms with Crippen molar-refractivity contribution in [2.45, 2.75) is 25.8 Å². The lowest BCUT2D eigenvalue weighted by Gasteiger charge is -2.13. The SMILES string of the molecule is Cc1cc(C(CCc2ccccc2)NN)co1. The van der Waals surface area contributed by atoms with Crippen LogP contribution in [0.5, 0.6) is 0 Å². The van der Waals surface area contributed by atoms with E-state index >= 15 is 0 Å². The van der Waals surface area contributed by atoms with Crippen LogP contribution in [0.2, 0.25) is 0 Å². The molecule has 0 spiro atoms. The summed E-state index contributed by atoms with van der Waals surface area (Å²) in [6.07, 6.45) is 3.73. The molecule has 2 rings (SSSR count). The highest BCUT2D eigenvalue weighted by Gasteiger charge is 2.11. The molecule has 3 heteroatoms. The first-order valence-corrected chi connectivity index (χ1v) is 5.84. The van der Waals surface area contributed by atoms with Gasteiger partial charge in [-0.05, 0) is 31.4 Å². The van der Waals surface area contributed by atoms with Gasteiger partial charge in [-0.1, -0.05) is 30.3 Å². The second kappa shape index (κ2) is 5.66. The highest BCUT2D eigenvalue weighted by atomic mass is 16.3. The van der Waals surface area contributed by atoms with E-state index in [4.69, 9.17) is 10.3 Å². The normalized spacial score (nSPS) is 12.6. The van der Waals surface area contributed by atoms with E-state index < -0.39 is 0 Å². The Balaban J connectivity index is 1.97. The molecule has 0 saturated heterocycles. The van der Waals surface area contributed by atoms with Gasteiger partial charge in [0.1, 0.15) is 5.76 Å². The van der Waals surface area contributed by atoms with Gasteiger partial charge in [-0.15, -0.1) is 0 Å². The molecule has 0 aliphatic heterocycles. The molecular formula is C14H18N2O. The van der Waals surface area contributed by atoms with Crippen LogP contribution in [0.1, 0.15) is 29.3 Å². The fourth-order valence-electron chi connectivity index (χ4n) is 1.95. The van der Waals surface area contributed by atoms with E-state index in [9.17, 15) is 0 Å². The number of benzene rings is 1. The van der Waals surface area contributed by atoms with Crippen LogP contribution in [0.15, 0.2) is 47.1 Å². The van der Waals surface area contributed by atoms with E-state index in [2.05, 4.69) is 29.7 Å². The summed E-state index contributed by atoms with van der Waals surface area (Å²) in [6.45, 7) is 1.94. The van der Waals surface area contributed by atoms with E-state index in [0.717, 1.165) is 24.2 Å². The van der Waals surface area contributed by atoms with Crippen molar-refractivity contribution in [1.82, 2.24) is 5.43 Å². The van der Waals surface area contributed by atoms with Crippen LogP contribution in [-0.2, 0) is 6.42 Å². The standard InChI is InChI=1S/C14H18N2O/c1-11-9-13(10-17-11)14(16-15)8-7-12-5-3-2-4-6-12/h2-6,9-10,14,16H,7-8,15H2,1H3. The molecule has 0 amide bonds. The molecule has 0 bridgehead atoms. The number of aryl methyl sites for hydroxylation is 2. The van der Waals surface area contributed by atoms with Gasteiger partial charge in [0, 0.05) is 11.6 Å². The van der Waals surface area contributed by atoms with Gasteiger partial charge in [0.05, 0.1) is 6.26 Å². The lowest BCUT2D eigenvalue weighted by molar-refractivity contribution is 0.495. The summed E-state index contributed by atoms with van der Waals surface area (Å²) >= 11 is 0. The summed E-state index contributed by atoms with van der Waals surface area (Å²) in [7, 11) is 0. The second-order valence-corrected chi connectivity index (χ2v) is 4.23. The minimum atomic E-state index is 0.146. The van der Waals surface area contributed by atoms with Gasteiger partial charge in [0.25, 0.3) is 0 Å². The maximum absolute atomic E-state index is 5.59. The Kier molecular flexibility index (Phi) is 3.96. The molecule has 0 aliphatic carbocycles. The molecule has 0 aliphatic rings. The third-order valence-corrected chi connectivity index (χ3v) is 2.92. The molecule has 17 heavy (non-hydrogen) atoms. The summed E-state index contributed by atoms with van der Waals surface area (Å²) in [4.78, 5) is 0. The highest BCUT2D eigenvalue weighted by Crippen LogP contribution is 2.20. The average molecular weight is 230 g/mol. The first-order chi connectivity index (χ1) is 8.29. The van der Waals surface area contributed by atoms with Crippen LogP contribution in [0, 0.1) is 6.92 Å². The van der Waals surface area contributed by atoms with Crippen LogP contribution in [-0.4, -0.2) is 0 Å². The summed E-state index contributed by atoms with van der Waals surface area (Å²) < 4.78 is 5.30. The van der Waals surface area contributed by atoms with Crippen molar-refractivity contribution in [3.8, 4) is 0 Å². The Labute approximate surface area is 102 Å². The Morgan fingerprint density at radius 3 is 2.65 bits per heavy atom. The van der Waals surface area contributed by atoms with Crippen LogP contribution < -0.4 is 11.3 Å². The lowest BCUT2D eigenvalue weighted by Crippen LogP contribution is -2.28. The number of nitrogens with two attached hydrogens (primary N) is 1. The van der Waals surface area contributed by atoms with Crippen molar-refractivity contribution in [3.63, 3.8) is 0 Å². The molecule has 1 heterocycles. The monoisotopic (exact) mass is 230 g/mol. The van der Waals surface area contributed by atoms with Crippen molar-refractivity contribution in [3.05, 3.63) is 59.5 Å². The van der Waals surface area contributed by atoms with Gasteiger partial charge in [0.15, 0.2) is 0 Å². The van der Waals surface area contributed by atoms with E-state index in [-0.39, 0.29) is 6.04 Å². The first kappa shape index (κ1) is 11.9. The Hall–Kier alpha value is -1.58. The Bertz CT molecular complexity index is 450. The number of hydrogen-bond acceptors (Lipinski definition) is 3. The maximum Gasteiger partial charge on any atom is 0.101 e. The van der Waals surface area contributed by atoms with Gasteiger partial charge in [-0.3, -0.25) is 11.3 Å². The largest absolute Gasteiger partial charge is 0.469 e. The quantitative estimate of drug-likeness (QED) is 0.613. The number of furan rings is 1. The van der Waals surface area contributed by atoms with Gasteiger partial charge >= 0.3 is 0 Å². The van der Waals surface area contributed by atoms with Crippen LogP contribution in [0.25, 0.3) is 0 Å². The van der Waals surface area contributed by atoms with Crippen molar-refractivity contribution in [1.29, 1.82) is 0 Å². The average Bonchev–Trinajstić information content (AvgIpc) is 2.78. The van der Waals surface area contributed by atoms with E-state index in [1.165, 1.54) is 5.56 Å². The topological polar surface area (TPSA) is 51.2 Å². The number of rotatable bonds is 5. The zero-order valence-electron chi connectivity index (χ0n) is 10.0. The third-order valence-electron chi connectivity index (χ3n) is 2.92. The molecule has 0 saturated carbocycles. The van der Waals surface area contributed by atoms with Gasteiger partial charge in [-0.25, -0.2) is 0 Å². The second-order valence-electron chi connectivity index (χ2n) is 4.23. The first-order valence-electron chi connectivity index (χ1n) is 5.84. The minimum Gasteiger partial charge on any atom is -0.469 e. The third kappa shape index (κ3) is 3.19. The number of hydrogen-bond donors (Lipinski definition) is 2. The Morgan fingerprint density at radius 1 is 1.29 bits per heavy atom. The zero-order chi connectivity index (χ0) is 12.1. The fraction of sp³-hybridized carbons (Fsp3) is 0.286. The predicted molar refractivity (Wildman–Crippen MR) is 68.3 cm³/mol. The minimum absolute atomic E-state index is 0.146. The summed E-state index contributed by atoms with van der Waals surface area (Å²) in [5.41, 5.74) is 5.28. The Morgan fingerprint density at radius 2 is 2.06 bits per heavy atom. The van der Waals surface area contributed by atoms with E-state index in [1.54, 1.807) is 6.26 Å². The van der Waals surface area contributed by atoms with Crippen molar-refractivity contribution >= 4 is 0 Å². The number of hydrazine groups is 1. The zero-order valence-corrected chi connectivity index (χ0v) is 10.0. The highest BCUT2D eigenvalue weighted by molar-refractivity contribution is 5.18. The van der Waals surface area contributed by atoms with Crippen LogP contribution in [0.3, 0.4) is 0 Å². The molecule has 3 nitrogen and oxygen atoms in total. The van der Waals surface area contributed by atoms with Crippen LogP contribution >= 0.6 is 0 Å². The summed E-state index contributed by atoms with van der Waals surface area (Å²) in [6, 6.07) is 12.6. The molecule has 1 atom stereocenters. The maximum atomic E-state index is 5.59. The number of nitrogens with one attached hydrogen (secondary N) is 1.